The number of hydrogen-bond acceptors (Lipinski definition) is 6. The van der Waals surface area contributed by atoms with Crippen molar-refractivity contribution in [2.75, 3.05) is 32.7 Å². The van der Waals surface area contributed by atoms with Crippen LogP contribution in [0.3, 0.4) is 0 Å². The Hall–Kier alpha value is -2.54. The van der Waals surface area contributed by atoms with Crippen molar-refractivity contribution >= 4 is 5.78 Å². The number of likely N-dealkylation sites (tertiary alicyclic amines) is 2. The molecule has 1 aromatic heterocycles. The van der Waals surface area contributed by atoms with E-state index in [9.17, 15) is 4.79 Å². The number of piperidine rings is 2. The summed E-state index contributed by atoms with van der Waals surface area (Å²) in [5.41, 5.74) is 5.53. The maximum Gasteiger partial charge on any atom is 0.157 e. The highest BCUT2D eigenvalue weighted by Gasteiger charge is 2.38. The average Bonchev–Trinajstić information content (AvgIpc) is 3.47. The van der Waals surface area contributed by atoms with Gasteiger partial charge in [-0.2, -0.15) is 0 Å². The number of carbonyl (C=O) groups is 1. The Morgan fingerprint density at radius 2 is 1.81 bits per heavy atom. The highest BCUT2D eigenvalue weighted by Crippen LogP contribution is 2.42. The lowest BCUT2D eigenvalue weighted by molar-refractivity contribution is -0.114. The molecule has 0 unspecified atom stereocenters. The Labute approximate surface area is 184 Å². The van der Waals surface area contributed by atoms with Crippen LogP contribution in [0.4, 0.5) is 0 Å². The molecule has 0 N–H and O–H groups in total. The highest BCUT2D eigenvalue weighted by molar-refractivity contribution is 5.92. The molecule has 1 spiro atoms. The van der Waals surface area contributed by atoms with Crippen molar-refractivity contribution in [2.45, 2.75) is 51.9 Å². The van der Waals surface area contributed by atoms with Crippen LogP contribution in [0.5, 0.6) is 0 Å². The second-order valence-corrected chi connectivity index (χ2v) is 9.55. The molecule has 0 atom stereocenters. The molecule has 2 aromatic rings. The highest BCUT2D eigenvalue weighted by atomic mass is 16.1. The van der Waals surface area contributed by atoms with E-state index in [2.05, 4.69) is 50.4 Å². The number of ketones is 1. The molecule has 2 fully saturated rings. The van der Waals surface area contributed by atoms with Crippen LogP contribution in [0.1, 0.15) is 49.7 Å². The first kappa shape index (κ1) is 20.4. The maximum absolute atomic E-state index is 11.6. The summed E-state index contributed by atoms with van der Waals surface area (Å²) < 4.78 is 1.70. The van der Waals surface area contributed by atoms with Crippen molar-refractivity contribution < 1.29 is 4.79 Å². The molecule has 0 amide bonds. The van der Waals surface area contributed by atoms with Crippen LogP contribution in [-0.4, -0.2) is 68.5 Å². The van der Waals surface area contributed by atoms with Crippen LogP contribution < -0.4 is 0 Å². The van der Waals surface area contributed by atoms with Crippen LogP contribution >= 0.6 is 0 Å². The predicted octanol–water partition coefficient (Wildman–Crippen LogP) is 2.94. The van der Waals surface area contributed by atoms with E-state index in [4.69, 9.17) is 0 Å². The number of tetrazole rings is 1. The Kier molecular flexibility index (Phi) is 5.61. The van der Waals surface area contributed by atoms with E-state index in [1.807, 2.05) is 6.08 Å². The number of rotatable bonds is 5. The normalized spacial score (nSPS) is 21.6. The van der Waals surface area contributed by atoms with Gasteiger partial charge in [-0.25, -0.2) is 4.68 Å². The average molecular weight is 421 g/mol. The van der Waals surface area contributed by atoms with Gasteiger partial charge in [0.25, 0.3) is 0 Å². The lowest BCUT2D eigenvalue weighted by Gasteiger charge is -2.47. The van der Waals surface area contributed by atoms with Crippen molar-refractivity contribution in [2.24, 2.45) is 5.41 Å². The molecule has 7 heteroatoms. The summed E-state index contributed by atoms with van der Waals surface area (Å²) in [6.45, 7) is 7.99. The summed E-state index contributed by atoms with van der Waals surface area (Å²) in [5, 5.41) is 11.4. The molecule has 7 nitrogen and oxygen atoms in total. The molecule has 0 saturated carbocycles. The minimum absolute atomic E-state index is 0.309. The molecule has 2 saturated heterocycles. The van der Waals surface area contributed by atoms with Gasteiger partial charge in [0.2, 0.25) is 0 Å². The number of nitrogens with zero attached hydrogens (tertiary/aromatic N) is 6. The molecule has 5 rings (SSSR count). The van der Waals surface area contributed by atoms with Crippen molar-refractivity contribution in [3.63, 3.8) is 0 Å². The number of hydrogen-bond donors (Lipinski definition) is 0. The zero-order valence-corrected chi connectivity index (χ0v) is 18.5. The van der Waals surface area contributed by atoms with Crippen LogP contribution in [-0.2, 0) is 11.2 Å². The van der Waals surface area contributed by atoms with Crippen LogP contribution in [0.15, 0.2) is 36.3 Å². The molecule has 0 radical (unpaired) electrons. The van der Waals surface area contributed by atoms with Crippen LogP contribution in [0.2, 0.25) is 0 Å². The van der Waals surface area contributed by atoms with Gasteiger partial charge in [0.05, 0.1) is 5.69 Å². The van der Waals surface area contributed by atoms with Gasteiger partial charge in [-0.1, -0.05) is 6.07 Å². The summed E-state index contributed by atoms with van der Waals surface area (Å²) in [4.78, 5) is 16.7. The van der Waals surface area contributed by atoms with Gasteiger partial charge in [0, 0.05) is 37.8 Å². The monoisotopic (exact) mass is 420 g/mol. The number of aryl methyl sites for hydroxylation is 1. The van der Waals surface area contributed by atoms with E-state index in [1.54, 1.807) is 11.0 Å². The Balaban J connectivity index is 1.10. The van der Waals surface area contributed by atoms with Crippen molar-refractivity contribution in [1.82, 2.24) is 30.0 Å². The Morgan fingerprint density at radius 1 is 1.03 bits per heavy atom. The maximum atomic E-state index is 11.6. The molecule has 1 aliphatic carbocycles. The molecule has 164 valence electrons. The Morgan fingerprint density at radius 3 is 2.45 bits per heavy atom. The summed E-state index contributed by atoms with van der Waals surface area (Å²) in [6, 6.07) is 6.49. The molecule has 1 aromatic carbocycles. The van der Waals surface area contributed by atoms with E-state index in [-0.39, 0.29) is 0 Å². The third-order valence-electron chi connectivity index (χ3n) is 7.74. The molecule has 2 aliphatic heterocycles. The largest absolute Gasteiger partial charge is 0.375 e. The molecule has 3 heterocycles. The third kappa shape index (κ3) is 4.42. The topological polar surface area (TPSA) is 67.2 Å². The third-order valence-corrected chi connectivity index (χ3v) is 7.74. The smallest absolute Gasteiger partial charge is 0.157 e. The van der Waals surface area contributed by atoms with Gasteiger partial charge in [0.15, 0.2) is 5.78 Å². The fraction of sp³-hybridized carbons (Fsp3) is 0.583. The van der Waals surface area contributed by atoms with Crippen molar-refractivity contribution in [1.29, 1.82) is 0 Å². The molecular formula is C24H32N6O. The number of carbonyl (C=O) groups excluding carboxylic acids is 1. The predicted molar refractivity (Wildman–Crippen MR) is 119 cm³/mol. The second-order valence-electron chi connectivity index (χ2n) is 9.55. The molecular weight excluding hydrogens is 388 g/mol. The summed E-state index contributed by atoms with van der Waals surface area (Å²) in [7, 11) is 0. The quantitative estimate of drug-likeness (QED) is 0.741. The first-order valence-corrected chi connectivity index (χ1v) is 11.6. The van der Waals surface area contributed by atoms with Crippen LogP contribution in [0, 0.1) is 12.3 Å². The van der Waals surface area contributed by atoms with Crippen molar-refractivity contribution in [3.8, 4) is 5.69 Å². The SMILES string of the molecule is Cc1cc(-n2cnnn2)ccc1CCN1CCC2(CC1)CCN(C1=CC(=O)CC1)CC2. The number of benzene rings is 1. The lowest BCUT2D eigenvalue weighted by Crippen LogP contribution is -2.46. The summed E-state index contributed by atoms with van der Waals surface area (Å²) in [5.74, 6) is 0.309. The summed E-state index contributed by atoms with van der Waals surface area (Å²) >= 11 is 0. The minimum Gasteiger partial charge on any atom is -0.375 e. The minimum atomic E-state index is 0.309. The lowest BCUT2D eigenvalue weighted by atomic mass is 9.71. The number of allylic oxidation sites excluding steroid dienone is 2. The first-order valence-electron chi connectivity index (χ1n) is 11.6. The molecule has 0 bridgehead atoms. The van der Waals surface area contributed by atoms with Crippen molar-refractivity contribution in [3.05, 3.63) is 47.4 Å². The van der Waals surface area contributed by atoms with E-state index >= 15 is 0 Å². The summed E-state index contributed by atoms with van der Waals surface area (Å²) in [6.07, 6.45) is 11.5. The van der Waals surface area contributed by atoms with Gasteiger partial charge in [-0.05, 0) is 97.6 Å². The van der Waals surface area contributed by atoms with Gasteiger partial charge in [0.1, 0.15) is 6.33 Å². The van der Waals surface area contributed by atoms with Gasteiger partial charge in [-0.15, -0.1) is 5.10 Å². The fourth-order valence-electron chi connectivity index (χ4n) is 5.51. The van der Waals surface area contributed by atoms with E-state index in [1.165, 1.54) is 55.6 Å². The Bertz CT molecular complexity index is 948. The van der Waals surface area contributed by atoms with Crippen LogP contribution in [0.25, 0.3) is 5.69 Å². The van der Waals surface area contributed by atoms with E-state index in [0.717, 1.165) is 38.2 Å². The van der Waals surface area contributed by atoms with Gasteiger partial charge >= 0.3 is 0 Å². The fourth-order valence-corrected chi connectivity index (χ4v) is 5.51. The van der Waals surface area contributed by atoms with E-state index in [0.29, 0.717) is 17.6 Å². The zero-order valence-electron chi connectivity index (χ0n) is 18.5. The molecule has 31 heavy (non-hydrogen) atoms. The van der Waals surface area contributed by atoms with E-state index < -0.39 is 0 Å². The van der Waals surface area contributed by atoms with Gasteiger partial charge < -0.3 is 9.80 Å². The van der Waals surface area contributed by atoms with Gasteiger partial charge in [-0.3, -0.25) is 4.79 Å². The zero-order chi connectivity index (χ0) is 21.3. The second kappa shape index (κ2) is 8.54. The standard InChI is InChI=1S/C24H32N6O/c1-19-16-22(30-18-25-26-27-30)3-2-20(19)6-11-28-12-7-24(8-13-28)9-14-29(15-10-24)21-4-5-23(31)17-21/h2-3,16-18H,4-15H2,1H3. The number of aromatic nitrogens is 4. The molecule has 3 aliphatic rings. The first-order chi connectivity index (χ1) is 15.1.